The third kappa shape index (κ3) is 4.85. The molecule has 0 aliphatic heterocycles. The summed E-state index contributed by atoms with van der Waals surface area (Å²) < 4.78 is 0. The van der Waals surface area contributed by atoms with Crippen LogP contribution in [0.2, 0.25) is 0 Å². The van der Waals surface area contributed by atoms with Gasteiger partial charge in [0.2, 0.25) is 0 Å². The zero-order valence-electron chi connectivity index (χ0n) is 8.58. The van der Waals surface area contributed by atoms with Crippen LogP contribution < -0.4 is 5.73 Å². The largest absolute Gasteiger partial charge is 0.395 e. The van der Waals surface area contributed by atoms with Gasteiger partial charge in [0.15, 0.2) is 0 Å². The molecule has 4 heteroatoms. The van der Waals surface area contributed by atoms with Gasteiger partial charge in [0.05, 0.1) is 13.2 Å². The van der Waals surface area contributed by atoms with E-state index >= 15 is 0 Å². The fraction of sp³-hybridized carbons (Fsp3) is 0.889. The molecule has 0 saturated heterocycles. The molecule has 13 heavy (non-hydrogen) atoms. The number of nitrogens with two attached hydrogens (primary N) is 1. The Morgan fingerprint density at radius 2 is 2.00 bits per heavy atom. The number of aliphatic hydroxyl groups excluding tert-OH is 1. The predicted octanol–water partition coefficient (Wildman–Crippen LogP) is 0.405. The first kappa shape index (κ1) is 12.4. The lowest BCUT2D eigenvalue weighted by Gasteiger charge is -2.29. The Morgan fingerprint density at radius 1 is 1.46 bits per heavy atom. The standard InChI is InChI=1S/C9H21N3O/c1-3-8(4-2)12(5-6-13)7-9(10)11/h8,13H,3-7H2,1-2H3,(H3,10,11). The summed E-state index contributed by atoms with van der Waals surface area (Å²) in [5.41, 5.74) is 5.33. The molecule has 0 aromatic carbocycles. The van der Waals surface area contributed by atoms with Gasteiger partial charge in [-0.05, 0) is 12.8 Å². The van der Waals surface area contributed by atoms with Crippen LogP contribution in [0.5, 0.6) is 0 Å². The third-order valence-electron chi connectivity index (χ3n) is 2.22. The molecule has 78 valence electrons. The summed E-state index contributed by atoms with van der Waals surface area (Å²) >= 11 is 0. The van der Waals surface area contributed by atoms with Gasteiger partial charge >= 0.3 is 0 Å². The molecule has 0 spiro atoms. The second kappa shape index (κ2) is 6.86. The van der Waals surface area contributed by atoms with Crippen molar-refractivity contribution in [2.24, 2.45) is 5.73 Å². The Hall–Kier alpha value is -0.610. The van der Waals surface area contributed by atoms with E-state index in [1.807, 2.05) is 0 Å². The van der Waals surface area contributed by atoms with Crippen molar-refractivity contribution in [1.82, 2.24) is 4.90 Å². The number of nitrogens with zero attached hydrogens (tertiary/aromatic N) is 1. The van der Waals surface area contributed by atoms with Crippen molar-refractivity contribution in [2.45, 2.75) is 32.7 Å². The quantitative estimate of drug-likeness (QED) is 0.399. The van der Waals surface area contributed by atoms with Gasteiger partial charge in [-0.15, -0.1) is 0 Å². The normalized spacial score (nSPS) is 11.2. The van der Waals surface area contributed by atoms with E-state index in [0.29, 0.717) is 19.1 Å². The predicted molar refractivity (Wildman–Crippen MR) is 54.9 cm³/mol. The maximum Gasteiger partial charge on any atom is 0.105 e. The lowest BCUT2D eigenvalue weighted by molar-refractivity contribution is 0.161. The van der Waals surface area contributed by atoms with Crippen molar-refractivity contribution in [3.8, 4) is 0 Å². The maximum atomic E-state index is 8.84. The minimum Gasteiger partial charge on any atom is -0.395 e. The average Bonchev–Trinajstić information content (AvgIpc) is 2.05. The minimum absolute atomic E-state index is 0.129. The molecule has 0 radical (unpaired) electrons. The van der Waals surface area contributed by atoms with E-state index in [2.05, 4.69) is 18.7 Å². The van der Waals surface area contributed by atoms with Crippen molar-refractivity contribution in [1.29, 1.82) is 5.41 Å². The number of nitrogens with one attached hydrogen (secondary N) is 1. The number of hydrogen-bond donors (Lipinski definition) is 3. The molecule has 0 fully saturated rings. The van der Waals surface area contributed by atoms with Crippen molar-refractivity contribution < 1.29 is 5.11 Å². The molecule has 0 unspecified atom stereocenters. The summed E-state index contributed by atoms with van der Waals surface area (Å²) in [6, 6.07) is 0.427. The molecule has 0 amide bonds. The molecule has 0 atom stereocenters. The van der Waals surface area contributed by atoms with Gasteiger partial charge in [-0.2, -0.15) is 0 Å². The molecule has 0 aliphatic rings. The second-order valence-electron chi connectivity index (χ2n) is 3.19. The van der Waals surface area contributed by atoms with E-state index in [9.17, 15) is 0 Å². The summed E-state index contributed by atoms with van der Waals surface area (Å²) in [4.78, 5) is 2.06. The average molecular weight is 187 g/mol. The molecule has 0 rings (SSSR count). The van der Waals surface area contributed by atoms with Gasteiger partial charge in [0.1, 0.15) is 5.84 Å². The topological polar surface area (TPSA) is 73.3 Å². The van der Waals surface area contributed by atoms with Crippen LogP contribution in [0, 0.1) is 5.41 Å². The molecule has 0 heterocycles. The second-order valence-corrected chi connectivity index (χ2v) is 3.19. The first-order valence-electron chi connectivity index (χ1n) is 4.83. The van der Waals surface area contributed by atoms with E-state index in [1.54, 1.807) is 0 Å². The number of aliphatic hydroxyl groups is 1. The summed E-state index contributed by atoms with van der Waals surface area (Å²) in [7, 11) is 0. The van der Waals surface area contributed by atoms with Crippen LogP contribution in [0.3, 0.4) is 0 Å². The Bertz CT molecular complexity index is 146. The summed E-state index contributed by atoms with van der Waals surface area (Å²) in [6.45, 7) is 5.42. The molecular formula is C9H21N3O. The van der Waals surface area contributed by atoms with Crippen molar-refractivity contribution in [3.63, 3.8) is 0 Å². The zero-order chi connectivity index (χ0) is 10.3. The maximum absolute atomic E-state index is 8.84. The molecule has 4 nitrogen and oxygen atoms in total. The highest BCUT2D eigenvalue weighted by Gasteiger charge is 2.14. The molecule has 4 N–H and O–H groups in total. The van der Waals surface area contributed by atoms with E-state index in [4.69, 9.17) is 16.2 Å². The van der Waals surface area contributed by atoms with Crippen LogP contribution in [-0.2, 0) is 0 Å². The fourth-order valence-corrected chi connectivity index (χ4v) is 1.54. The van der Waals surface area contributed by atoms with Gasteiger partial charge < -0.3 is 10.8 Å². The molecule has 0 aromatic heterocycles. The summed E-state index contributed by atoms with van der Waals surface area (Å²) in [5, 5.41) is 16.0. The zero-order valence-corrected chi connectivity index (χ0v) is 8.58. The van der Waals surface area contributed by atoms with Crippen LogP contribution in [0.4, 0.5) is 0 Å². The van der Waals surface area contributed by atoms with Crippen LogP contribution in [0.1, 0.15) is 26.7 Å². The first-order chi connectivity index (χ1) is 6.15. The summed E-state index contributed by atoms with van der Waals surface area (Å²) in [6.07, 6.45) is 2.06. The highest BCUT2D eigenvalue weighted by molar-refractivity contribution is 5.78. The molecular weight excluding hydrogens is 166 g/mol. The highest BCUT2D eigenvalue weighted by atomic mass is 16.3. The van der Waals surface area contributed by atoms with Crippen LogP contribution in [0.15, 0.2) is 0 Å². The van der Waals surface area contributed by atoms with Crippen LogP contribution in [-0.4, -0.2) is 41.6 Å². The Morgan fingerprint density at radius 3 is 2.31 bits per heavy atom. The van der Waals surface area contributed by atoms with Gasteiger partial charge in [0, 0.05) is 12.6 Å². The lowest BCUT2D eigenvalue weighted by Crippen LogP contribution is -2.42. The van der Waals surface area contributed by atoms with E-state index in [-0.39, 0.29) is 12.4 Å². The Kier molecular flexibility index (Phi) is 6.54. The van der Waals surface area contributed by atoms with E-state index < -0.39 is 0 Å². The van der Waals surface area contributed by atoms with E-state index in [0.717, 1.165) is 12.8 Å². The van der Waals surface area contributed by atoms with Crippen LogP contribution >= 0.6 is 0 Å². The Labute approximate surface area is 80.2 Å². The summed E-state index contributed by atoms with van der Waals surface area (Å²) in [5.74, 6) is 0.167. The number of amidine groups is 1. The minimum atomic E-state index is 0.129. The van der Waals surface area contributed by atoms with Gasteiger partial charge in [-0.3, -0.25) is 10.3 Å². The van der Waals surface area contributed by atoms with Crippen LogP contribution in [0.25, 0.3) is 0 Å². The van der Waals surface area contributed by atoms with Crippen molar-refractivity contribution in [2.75, 3.05) is 19.7 Å². The van der Waals surface area contributed by atoms with E-state index in [1.165, 1.54) is 0 Å². The third-order valence-corrected chi connectivity index (χ3v) is 2.22. The first-order valence-corrected chi connectivity index (χ1v) is 4.83. The number of hydrogen-bond acceptors (Lipinski definition) is 3. The van der Waals surface area contributed by atoms with Gasteiger partial charge in [-0.25, -0.2) is 0 Å². The SMILES string of the molecule is CCC(CC)N(CCO)CC(=N)N. The number of rotatable bonds is 7. The van der Waals surface area contributed by atoms with Gasteiger partial charge in [0.25, 0.3) is 0 Å². The Balaban J connectivity index is 4.11. The van der Waals surface area contributed by atoms with Crippen molar-refractivity contribution >= 4 is 5.84 Å². The fourth-order valence-electron chi connectivity index (χ4n) is 1.54. The van der Waals surface area contributed by atoms with Crippen molar-refractivity contribution in [3.05, 3.63) is 0 Å². The monoisotopic (exact) mass is 187 g/mol. The highest BCUT2D eigenvalue weighted by Crippen LogP contribution is 2.07. The lowest BCUT2D eigenvalue weighted by atomic mass is 10.1. The van der Waals surface area contributed by atoms with Gasteiger partial charge in [-0.1, -0.05) is 13.8 Å². The smallest absolute Gasteiger partial charge is 0.105 e. The molecule has 0 aliphatic carbocycles. The molecule has 0 saturated carbocycles. The molecule has 0 bridgehead atoms. The molecule has 0 aromatic rings.